The van der Waals surface area contributed by atoms with E-state index < -0.39 is 17.8 Å². The molecule has 10 heteroatoms. The van der Waals surface area contributed by atoms with E-state index in [9.17, 15) is 13.2 Å². The van der Waals surface area contributed by atoms with Gasteiger partial charge in [0.2, 0.25) is 0 Å². The smallest absolute Gasteiger partial charge is 0.416 e. The number of amidine groups is 2. The summed E-state index contributed by atoms with van der Waals surface area (Å²) in [6.45, 7) is 1.95. The zero-order valence-electron chi connectivity index (χ0n) is 23.2. The standard InChI is InChI=1S/C33H25F3N6O/c1-20-28-29(24-15-6-9-18-27(24)43-2)41-26-17-8-7-16-25(26)38-30(37-22-12-10-11-21(19-22)33(34,35)36)32(41)39-31(28)42(40-20)23-13-4-3-5-14-23/h3-19,29H,1-2H3,(H,37,38)/t29-/m0/s1. The van der Waals surface area contributed by atoms with Gasteiger partial charge in [0, 0.05) is 16.8 Å². The van der Waals surface area contributed by atoms with Crippen molar-refractivity contribution in [1.29, 1.82) is 0 Å². The number of rotatable bonds is 4. The van der Waals surface area contributed by atoms with Crippen molar-refractivity contribution in [3.63, 3.8) is 0 Å². The molecule has 4 aromatic carbocycles. The summed E-state index contributed by atoms with van der Waals surface area (Å²) >= 11 is 0. The Balaban J connectivity index is 1.49. The van der Waals surface area contributed by atoms with Gasteiger partial charge < -0.3 is 15.0 Å². The molecule has 2 aliphatic rings. The number of nitrogens with one attached hydrogen (secondary N) is 1. The monoisotopic (exact) mass is 578 g/mol. The Labute approximate surface area is 245 Å². The molecule has 0 unspecified atom stereocenters. The average Bonchev–Trinajstić information content (AvgIpc) is 3.36. The maximum Gasteiger partial charge on any atom is 0.416 e. The number of aryl methyl sites for hydroxylation is 1. The first-order valence-electron chi connectivity index (χ1n) is 13.6. The molecule has 7 nitrogen and oxygen atoms in total. The van der Waals surface area contributed by atoms with Crippen LogP contribution in [0, 0.1) is 6.92 Å². The Kier molecular flexibility index (Phi) is 6.27. The second-order valence-electron chi connectivity index (χ2n) is 10.2. The van der Waals surface area contributed by atoms with E-state index in [1.165, 1.54) is 6.07 Å². The number of para-hydroxylation sites is 4. The van der Waals surface area contributed by atoms with Crippen LogP contribution in [-0.4, -0.2) is 28.6 Å². The molecule has 0 bridgehead atoms. The van der Waals surface area contributed by atoms with Gasteiger partial charge >= 0.3 is 6.18 Å². The van der Waals surface area contributed by atoms with Gasteiger partial charge in [0.25, 0.3) is 0 Å². The molecule has 7 rings (SSSR count). The minimum Gasteiger partial charge on any atom is -0.496 e. The molecule has 0 aliphatic carbocycles. The fourth-order valence-corrected chi connectivity index (χ4v) is 5.64. The zero-order chi connectivity index (χ0) is 29.7. The lowest BCUT2D eigenvalue weighted by Crippen LogP contribution is -2.46. The molecular formula is C33H25F3N6O. The minimum atomic E-state index is -4.49. The van der Waals surface area contributed by atoms with E-state index in [1.54, 1.807) is 17.9 Å². The van der Waals surface area contributed by atoms with Gasteiger partial charge in [0.05, 0.1) is 41.5 Å². The van der Waals surface area contributed by atoms with Crippen molar-refractivity contribution in [1.82, 2.24) is 9.78 Å². The van der Waals surface area contributed by atoms with Gasteiger partial charge in [-0.05, 0) is 55.5 Å². The molecule has 1 aromatic heterocycles. The third-order valence-corrected chi connectivity index (χ3v) is 7.53. The van der Waals surface area contributed by atoms with Crippen LogP contribution in [0.4, 0.5) is 36.1 Å². The highest BCUT2D eigenvalue weighted by Crippen LogP contribution is 2.49. The number of nitrogens with zero attached hydrogens (tertiary/aromatic N) is 5. The van der Waals surface area contributed by atoms with Crippen LogP contribution in [0.15, 0.2) is 113 Å². The largest absolute Gasteiger partial charge is 0.496 e. The summed E-state index contributed by atoms with van der Waals surface area (Å²) in [4.78, 5) is 12.0. The van der Waals surface area contributed by atoms with E-state index >= 15 is 0 Å². The van der Waals surface area contributed by atoms with Crippen molar-refractivity contribution in [2.45, 2.75) is 19.1 Å². The predicted molar refractivity (Wildman–Crippen MR) is 161 cm³/mol. The van der Waals surface area contributed by atoms with E-state index in [1.807, 2.05) is 85.8 Å². The third-order valence-electron chi connectivity index (χ3n) is 7.53. The second kappa shape index (κ2) is 10.2. The number of anilines is 2. The summed E-state index contributed by atoms with van der Waals surface area (Å²) in [5, 5.41) is 8.06. The molecule has 0 fully saturated rings. The van der Waals surface area contributed by atoms with Crippen molar-refractivity contribution in [3.05, 3.63) is 126 Å². The summed E-state index contributed by atoms with van der Waals surface area (Å²) in [7, 11) is 1.63. The molecular weight excluding hydrogens is 553 g/mol. The Hall–Kier alpha value is -5.38. The molecule has 1 N–H and O–H groups in total. The molecule has 3 heterocycles. The van der Waals surface area contributed by atoms with E-state index in [0.29, 0.717) is 28.9 Å². The number of hydrogen-bond acceptors (Lipinski definition) is 6. The number of benzene rings is 4. The summed E-state index contributed by atoms with van der Waals surface area (Å²) in [5.74, 6) is 2.03. The number of methoxy groups -OCH3 is 1. The number of halogens is 3. The summed E-state index contributed by atoms with van der Waals surface area (Å²) in [6, 6.07) is 29.7. The molecule has 0 saturated carbocycles. The lowest BCUT2D eigenvalue weighted by atomic mass is 9.92. The second-order valence-corrected chi connectivity index (χ2v) is 10.2. The molecule has 43 heavy (non-hydrogen) atoms. The topological polar surface area (TPSA) is 67.0 Å². The van der Waals surface area contributed by atoms with E-state index in [0.717, 1.165) is 40.3 Å². The average molecular weight is 579 g/mol. The van der Waals surface area contributed by atoms with Crippen LogP contribution < -0.4 is 15.0 Å². The maximum atomic E-state index is 13.6. The molecule has 0 spiro atoms. The van der Waals surface area contributed by atoms with E-state index in [2.05, 4.69) is 10.2 Å². The predicted octanol–water partition coefficient (Wildman–Crippen LogP) is 8.00. The highest BCUT2D eigenvalue weighted by Gasteiger charge is 2.42. The first-order chi connectivity index (χ1) is 20.8. The molecule has 214 valence electrons. The zero-order valence-corrected chi connectivity index (χ0v) is 23.2. The molecule has 0 amide bonds. The van der Waals surface area contributed by atoms with Crippen LogP contribution in [0.3, 0.4) is 0 Å². The minimum absolute atomic E-state index is 0.239. The maximum absolute atomic E-state index is 13.6. The van der Waals surface area contributed by atoms with Crippen LogP contribution in [0.25, 0.3) is 5.69 Å². The van der Waals surface area contributed by atoms with Crippen LogP contribution >= 0.6 is 0 Å². The van der Waals surface area contributed by atoms with Gasteiger partial charge in [-0.3, -0.25) is 0 Å². The number of aliphatic imine (C=N–C) groups is 2. The fourth-order valence-electron chi connectivity index (χ4n) is 5.64. The van der Waals surface area contributed by atoms with Gasteiger partial charge in [-0.15, -0.1) is 0 Å². The lowest BCUT2D eigenvalue weighted by molar-refractivity contribution is -0.137. The van der Waals surface area contributed by atoms with Gasteiger partial charge in [-0.1, -0.05) is 54.6 Å². The number of fused-ring (bicyclic) bond motifs is 4. The van der Waals surface area contributed by atoms with Crippen molar-refractivity contribution < 1.29 is 17.9 Å². The van der Waals surface area contributed by atoms with Crippen molar-refractivity contribution >= 4 is 34.6 Å². The van der Waals surface area contributed by atoms with Gasteiger partial charge in [0.1, 0.15) is 5.75 Å². The quantitative estimate of drug-likeness (QED) is 0.235. The SMILES string of the molecule is COc1ccccc1[C@H]1c2c(C)nn(-c3ccccc3)c2N=C2C(Nc3cccc(C(F)(F)F)c3)=Nc3ccccc3N21. The van der Waals surface area contributed by atoms with Crippen molar-refractivity contribution in [2.75, 3.05) is 17.3 Å². The van der Waals surface area contributed by atoms with E-state index in [-0.39, 0.29) is 5.69 Å². The Morgan fingerprint density at radius 2 is 1.58 bits per heavy atom. The normalized spacial score (nSPS) is 15.6. The van der Waals surface area contributed by atoms with Crippen LogP contribution in [-0.2, 0) is 6.18 Å². The highest BCUT2D eigenvalue weighted by atomic mass is 19.4. The lowest BCUT2D eigenvalue weighted by Gasteiger charge is -2.41. The summed E-state index contributed by atoms with van der Waals surface area (Å²) < 4.78 is 48.4. The molecule has 1 atom stereocenters. The molecule has 0 radical (unpaired) electrons. The third kappa shape index (κ3) is 4.51. The highest BCUT2D eigenvalue weighted by molar-refractivity contribution is 6.51. The molecule has 0 saturated heterocycles. The summed E-state index contributed by atoms with van der Waals surface area (Å²) in [6.07, 6.45) is -4.49. The van der Waals surface area contributed by atoms with Crippen LogP contribution in [0.1, 0.15) is 28.4 Å². The number of aromatic nitrogens is 2. The van der Waals surface area contributed by atoms with E-state index in [4.69, 9.17) is 19.8 Å². The Morgan fingerprint density at radius 3 is 2.37 bits per heavy atom. The number of ether oxygens (including phenoxy) is 1. The van der Waals surface area contributed by atoms with Gasteiger partial charge in [-0.2, -0.15) is 18.3 Å². The van der Waals surface area contributed by atoms with Crippen LogP contribution in [0.2, 0.25) is 0 Å². The first-order valence-corrected chi connectivity index (χ1v) is 13.6. The number of alkyl halides is 3. The number of hydrogen-bond donors (Lipinski definition) is 1. The van der Waals surface area contributed by atoms with Crippen molar-refractivity contribution in [3.8, 4) is 11.4 Å². The molecule has 5 aromatic rings. The first kappa shape index (κ1) is 26.5. The van der Waals surface area contributed by atoms with Crippen molar-refractivity contribution in [2.24, 2.45) is 9.98 Å². The molecule has 2 aliphatic heterocycles. The summed E-state index contributed by atoms with van der Waals surface area (Å²) in [5.41, 5.74) is 4.29. The van der Waals surface area contributed by atoms with Crippen LogP contribution in [0.5, 0.6) is 5.75 Å². The van der Waals surface area contributed by atoms with Gasteiger partial charge in [0.15, 0.2) is 17.5 Å². The van der Waals surface area contributed by atoms with Gasteiger partial charge in [-0.25, -0.2) is 14.7 Å². The Morgan fingerprint density at radius 1 is 0.837 bits per heavy atom. The fraction of sp³-hybridized carbons (Fsp3) is 0.121. The Bertz CT molecular complexity index is 1910.